The first kappa shape index (κ1) is 8.24. The Labute approximate surface area is 77.4 Å². The summed E-state index contributed by atoms with van der Waals surface area (Å²) >= 11 is 0. The largest absolute Gasteiger partial charge is 0.207 e. The van der Waals surface area contributed by atoms with Gasteiger partial charge in [0.15, 0.2) is 0 Å². The molecule has 1 aliphatic carbocycles. The van der Waals surface area contributed by atoms with Gasteiger partial charge < -0.3 is 0 Å². The van der Waals surface area contributed by atoms with E-state index in [9.17, 15) is 4.39 Å². The first-order valence-corrected chi connectivity index (χ1v) is 4.37. The summed E-state index contributed by atoms with van der Waals surface area (Å²) in [5.74, 6) is -0.0671. The number of allylic oxidation sites excluding steroid dienone is 4. The molecule has 0 bridgehead atoms. The third-order valence-electron chi connectivity index (χ3n) is 2.19. The number of hydrogen-bond acceptors (Lipinski definition) is 0. The van der Waals surface area contributed by atoms with Crippen molar-refractivity contribution < 1.29 is 4.39 Å². The van der Waals surface area contributed by atoms with Crippen molar-refractivity contribution in [3.63, 3.8) is 0 Å². The Bertz CT molecular complexity index is 335. The van der Waals surface area contributed by atoms with Crippen molar-refractivity contribution >= 4 is 0 Å². The molecule has 1 unspecified atom stereocenters. The van der Waals surface area contributed by atoms with Crippen LogP contribution in [-0.2, 0) is 0 Å². The fraction of sp³-hybridized carbons (Fsp3) is 0.167. The molecule has 1 aliphatic rings. The summed E-state index contributed by atoms with van der Waals surface area (Å²) in [5.41, 5.74) is 1.16. The predicted molar refractivity (Wildman–Crippen MR) is 50.8 cm³/mol. The van der Waals surface area contributed by atoms with Crippen LogP contribution in [0.2, 0.25) is 0 Å². The average Bonchev–Trinajstić information content (AvgIpc) is 2.19. The van der Waals surface area contributed by atoms with E-state index in [4.69, 9.17) is 0 Å². The molecule has 0 aliphatic heterocycles. The van der Waals surface area contributed by atoms with E-state index in [0.29, 0.717) is 0 Å². The highest BCUT2D eigenvalue weighted by atomic mass is 19.1. The summed E-state index contributed by atoms with van der Waals surface area (Å²) in [6.45, 7) is 0. The molecule has 0 saturated heterocycles. The Kier molecular flexibility index (Phi) is 2.26. The highest BCUT2D eigenvalue weighted by Crippen LogP contribution is 2.26. The maximum Gasteiger partial charge on any atom is 0.127 e. The minimum absolute atomic E-state index is 0.183. The summed E-state index contributed by atoms with van der Waals surface area (Å²) in [4.78, 5) is 0. The molecule has 1 aromatic rings. The number of benzene rings is 1. The Hall–Kier alpha value is -1.37. The molecule has 0 saturated carbocycles. The predicted octanol–water partition coefficient (Wildman–Crippen LogP) is 3.39. The molecule has 1 atom stereocenters. The minimum Gasteiger partial charge on any atom is -0.207 e. The average molecular weight is 173 g/mol. The normalized spacial score (nSPS) is 21.3. The van der Waals surface area contributed by atoms with Gasteiger partial charge in [-0.05, 0) is 18.1 Å². The molecule has 65 valence electrons. The lowest BCUT2D eigenvalue weighted by molar-refractivity contribution is 0.632. The summed E-state index contributed by atoms with van der Waals surface area (Å²) in [5, 5.41) is 0. The van der Waals surface area contributed by atoms with Crippen molar-refractivity contribution in [1.29, 1.82) is 0 Å². The molecule has 13 heavy (non-hydrogen) atoms. The summed E-state index contributed by atoms with van der Waals surface area (Å²) in [7, 11) is 0. The quantitative estimate of drug-likeness (QED) is 0.610. The van der Waals surface area contributed by atoms with Crippen LogP contribution < -0.4 is 0 Å². The molecule has 1 heteroatoms. The highest BCUT2D eigenvalue weighted by Gasteiger charge is 2.10. The minimum atomic E-state index is -0.250. The monoisotopic (exact) mass is 173 g/mol. The Morgan fingerprint density at radius 2 is 2.00 bits per heavy atom. The molecule has 0 heterocycles. The first-order chi connectivity index (χ1) is 6.36. The molecule has 1 aromatic carbocycles. The molecule has 0 aromatic heterocycles. The Morgan fingerprint density at radius 1 is 1.23 bits per heavy atom. The van der Waals surface area contributed by atoms with Crippen LogP contribution in [0, 0.1) is 6.08 Å². The Balaban J connectivity index is 2.24. The second-order valence-electron chi connectivity index (χ2n) is 3.12. The summed E-state index contributed by atoms with van der Waals surface area (Å²) < 4.78 is 12.8. The maximum atomic E-state index is 12.8. The molecular formula is C12H10F. The summed E-state index contributed by atoms with van der Waals surface area (Å²) in [6.07, 6.45) is 6.77. The molecule has 0 spiro atoms. The van der Waals surface area contributed by atoms with Gasteiger partial charge in [0.25, 0.3) is 0 Å². The highest BCUT2D eigenvalue weighted by molar-refractivity contribution is 5.28. The van der Waals surface area contributed by atoms with E-state index >= 15 is 0 Å². The number of halogens is 1. The third-order valence-corrected chi connectivity index (χ3v) is 2.19. The van der Waals surface area contributed by atoms with E-state index in [0.717, 1.165) is 12.0 Å². The topological polar surface area (TPSA) is 0 Å². The molecule has 2 rings (SSSR count). The van der Waals surface area contributed by atoms with Gasteiger partial charge in [0.05, 0.1) is 0 Å². The van der Waals surface area contributed by atoms with E-state index in [1.54, 1.807) is 12.2 Å². The zero-order chi connectivity index (χ0) is 9.10. The third kappa shape index (κ3) is 1.86. The van der Waals surface area contributed by atoms with E-state index in [1.807, 2.05) is 30.3 Å². The first-order valence-electron chi connectivity index (χ1n) is 4.37. The van der Waals surface area contributed by atoms with E-state index in [-0.39, 0.29) is 11.7 Å². The van der Waals surface area contributed by atoms with Gasteiger partial charge in [-0.15, -0.1) is 0 Å². The van der Waals surface area contributed by atoms with E-state index < -0.39 is 0 Å². The van der Waals surface area contributed by atoms with Gasteiger partial charge in [-0.2, -0.15) is 0 Å². The van der Waals surface area contributed by atoms with Crippen LogP contribution in [0.25, 0.3) is 0 Å². The lowest BCUT2D eigenvalue weighted by atomic mass is 9.92. The van der Waals surface area contributed by atoms with Crippen LogP contribution in [-0.4, -0.2) is 0 Å². The van der Waals surface area contributed by atoms with Crippen LogP contribution in [0.1, 0.15) is 17.9 Å². The number of rotatable bonds is 1. The van der Waals surface area contributed by atoms with Gasteiger partial charge in [0, 0.05) is 12.0 Å². The number of hydrogen-bond donors (Lipinski definition) is 0. The zero-order valence-electron chi connectivity index (χ0n) is 7.20. The zero-order valence-corrected chi connectivity index (χ0v) is 7.20. The van der Waals surface area contributed by atoms with E-state index in [1.165, 1.54) is 0 Å². The van der Waals surface area contributed by atoms with Crippen molar-refractivity contribution in [3.05, 3.63) is 60.0 Å². The van der Waals surface area contributed by atoms with Gasteiger partial charge in [-0.25, -0.2) is 4.39 Å². The van der Waals surface area contributed by atoms with E-state index in [2.05, 4.69) is 6.08 Å². The lowest BCUT2D eigenvalue weighted by Gasteiger charge is -2.13. The second-order valence-corrected chi connectivity index (χ2v) is 3.12. The van der Waals surface area contributed by atoms with Crippen molar-refractivity contribution in [3.8, 4) is 0 Å². The fourth-order valence-electron chi connectivity index (χ4n) is 1.51. The van der Waals surface area contributed by atoms with Crippen molar-refractivity contribution in [2.45, 2.75) is 12.3 Å². The smallest absolute Gasteiger partial charge is 0.127 e. The standard InChI is InChI=1S/C12H10F/c13-12-8-4-7-11(9-12)10-5-2-1-3-6-10/h1-6,9,11H,7H2. The lowest BCUT2D eigenvalue weighted by Crippen LogP contribution is -1.97. The van der Waals surface area contributed by atoms with Crippen molar-refractivity contribution in [2.24, 2.45) is 0 Å². The summed E-state index contributed by atoms with van der Waals surface area (Å²) in [6, 6.07) is 9.96. The van der Waals surface area contributed by atoms with Crippen LogP contribution in [0.15, 0.2) is 48.3 Å². The van der Waals surface area contributed by atoms with Gasteiger partial charge in [-0.3, -0.25) is 0 Å². The Morgan fingerprint density at radius 3 is 2.69 bits per heavy atom. The second kappa shape index (κ2) is 3.56. The maximum absolute atomic E-state index is 12.8. The van der Waals surface area contributed by atoms with Crippen LogP contribution >= 0.6 is 0 Å². The van der Waals surface area contributed by atoms with Crippen LogP contribution in [0.5, 0.6) is 0 Å². The molecule has 1 radical (unpaired) electrons. The van der Waals surface area contributed by atoms with Gasteiger partial charge in [-0.1, -0.05) is 36.4 Å². The SMILES string of the molecule is FC1=CC(c2ccccc2)CC=[C]1. The van der Waals surface area contributed by atoms with Crippen LogP contribution in [0.3, 0.4) is 0 Å². The molecule has 0 amide bonds. The van der Waals surface area contributed by atoms with Crippen molar-refractivity contribution in [1.82, 2.24) is 0 Å². The molecule has 0 nitrogen and oxygen atoms in total. The van der Waals surface area contributed by atoms with Gasteiger partial charge in [0.2, 0.25) is 0 Å². The van der Waals surface area contributed by atoms with Gasteiger partial charge in [0.1, 0.15) is 5.83 Å². The molecular weight excluding hydrogens is 163 g/mol. The fourth-order valence-corrected chi connectivity index (χ4v) is 1.51. The van der Waals surface area contributed by atoms with Gasteiger partial charge >= 0.3 is 0 Å². The van der Waals surface area contributed by atoms with Crippen molar-refractivity contribution in [2.75, 3.05) is 0 Å². The molecule has 0 N–H and O–H groups in total. The van der Waals surface area contributed by atoms with Crippen LogP contribution in [0.4, 0.5) is 4.39 Å². The molecule has 0 fully saturated rings.